The molecule has 0 saturated carbocycles. The van der Waals surface area contributed by atoms with Crippen molar-refractivity contribution in [2.45, 2.75) is 31.6 Å². The molecule has 3 rings (SSSR count). The smallest absolute Gasteiger partial charge is 0.251 e. The van der Waals surface area contributed by atoms with E-state index in [-0.39, 0.29) is 5.91 Å². The van der Waals surface area contributed by atoms with Crippen LogP contribution in [0.25, 0.3) is 0 Å². The van der Waals surface area contributed by atoms with Gasteiger partial charge in [0.25, 0.3) is 5.91 Å². The van der Waals surface area contributed by atoms with Gasteiger partial charge in [0.1, 0.15) is 17.5 Å². The van der Waals surface area contributed by atoms with Crippen molar-refractivity contribution in [3.8, 4) is 11.8 Å². The van der Waals surface area contributed by atoms with Gasteiger partial charge in [-0.2, -0.15) is 5.26 Å². The number of rotatable bonds is 2. The van der Waals surface area contributed by atoms with Crippen LogP contribution in [-0.2, 0) is 0 Å². The number of hydrogen-bond donors (Lipinski definition) is 2. The van der Waals surface area contributed by atoms with E-state index in [0.717, 1.165) is 0 Å². The highest BCUT2D eigenvalue weighted by molar-refractivity contribution is 5.94. The minimum absolute atomic E-state index is 0.281. The number of aliphatic hydroxyl groups excluding tert-OH is 1. The van der Waals surface area contributed by atoms with E-state index in [1.807, 2.05) is 26.0 Å². The number of carbonyl (C=O) groups is 1. The van der Waals surface area contributed by atoms with Gasteiger partial charge in [-0.15, -0.1) is 0 Å². The second-order valence-corrected chi connectivity index (χ2v) is 6.33. The average molecular weight is 322 g/mol. The molecular weight excluding hydrogens is 304 g/mol. The zero-order valence-electron chi connectivity index (χ0n) is 13.5. The lowest BCUT2D eigenvalue weighted by Crippen LogP contribution is -2.57. The molecule has 0 radical (unpaired) electrons. The van der Waals surface area contributed by atoms with Crippen LogP contribution in [0.4, 0.5) is 0 Å². The van der Waals surface area contributed by atoms with Crippen molar-refractivity contribution in [2.75, 3.05) is 0 Å². The maximum absolute atomic E-state index is 12.5. The van der Waals surface area contributed by atoms with Gasteiger partial charge >= 0.3 is 0 Å². The largest absolute Gasteiger partial charge is 0.485 e. The first kappa shape index (κ1) is 16.0. The van der Waals surface area contributed by atoms with Crippen LogP contribution in [0.5, 0.6) is 5.75 Å². The molecule has 122 valence electrons. The van der Waals surface area contributed by atoms with Gasteiger partial charge in [-0.1, -0.05) is 18.2 Å². The van der Waals surface area contributed by atoms with Gasteiger partial charge in [-0.3, -0.25) is 4.79 Å². The lowest BCUT2D eigenvalue weighted by atomic mass is 9.85. The van der Waals surface area contributed by atoms with Gasteiger partial charge in [0.15, 0.2) is 0 Å². The first-order valence-electron chi connectivity index (χ1n) is 7.69. The Morgan fingerprint density at radius 1 is 1.25 bits per heavy atom. The molecule has 0 spiro atoms. The van der Waals surface area contributed by atoms with E-state index in [1.165, 1.54) is 0 Å². The van der Waals surface area contributed by atoms with Crippen molar-refractivity contribution in [3.05, 3.63) is 65.2 Å². The summed E-state index contributed by atoms with van der Waals surface area (Å²) >= 11 is 0. The Labute approximate surface area is 140 Å². The second kappa shape index (κ2) is 5.99. The topological polar surface area (TPSA) is 82.3 Å². The molecule has 0 fully saturated rings. The molecule has 5 nitrogen and oxygen atoms in total. The molecule has 1 amide bonds. The van der Waals surface area contributed by atoms with Crippen LogP contribution in [0.15, 0.2) is 48.5 Å². The molecule has 0 saturated heterocycles. The maximum Gasteiger partial charge on any atom is 0.251 e. The van der Waals surface area contributed by atoms with Gasteiger partial charge in [-0.25, -0.2) is 0 Å². The SMILES string of the molecule is CC1(C)Oc2ccc(C#N)cc2[C@@H](O)[C@@H]1NC(=O)c1ccccc1. The van der Waals surface area contributed by atoms with Crippen LogP contribution in [-0.4, -0.2) is 22.7 Å². The summed E-state index contributed by atoms with van der Waals surface area (Å²) in [6, 6.07) is 15.1. The lowest BCUT2D eigenvalue weighted by molar-refractivity contribution is -0.0253. The summed E-state index contributed by atoms with van der Waals surface area (Å²) in [7, 11) is 0. The van der Waals surface area contributed by atoms with Crippen molar-refractivity contribution in [1.82, 2.24) is 5.32 Å². The number of nitriles is 1. The van der Waals surface area contributed by atoms with Crippen molar-refractivity contribution in [2.24, 2.45) is 0 Å². The molecule has 0 bridgehead atoms. The van der Waals surface area contributed by atoms with Crippen LogP contribution in [0.3, 0.4) is 0 Å². The summed E-state index contributed by atoms with van der Waals surface area (Å²) in [4.78, 5) is 12.5. The number of aliphatic hydroxyl groups is 1. The Hall–Kier alpha value is -2.84. The third kappa shape index (κ3) is 2.84. The van der Waals surface area contributed by atoms with Crippen LogP contribution in [0, 0.1) is 11.3 Å². The van der Waals surface area contributed by atoms with E-state index in [1.54, 1.807) is 42.5 Å². The van der Waals surface area contributed by atoms with Crippen molar-refractivity contribution >= 4 is 5.91 Å². The Kier molecular flexibility index (Phi) is 4.00. The summed E-state index contributed by atoms with van der Waals surface area (Å²) in [5.74, 6) is 0.243. The van der Waals surface area contributed by atoms with Gasteiger partial charge in [0.05, 0.1) is 17.7 Å². The molecule has 24 heavy (non-hydrogen) atoms. The third-order valence-corrected chi connectivity index (χ3v) is 4.22. The maximum atomic E-state index is 12.5. The first-order valence-corrected chi connectivity index (χ1v) is 7.69. The van der Waals surface area contributed by atoms with E-state index in [2.05, 4.69) is 5.32 Å². The van der Waals surface area contributed by atoms with Crippen LogP contribution in [0.1, 0.15) is 41.4 Å². The summed E-state index contributed by atoms with van der Waals surface area (Å²) in [5.41, 5.74) is 0.651. The molecular formula is C19H18N2O3. The monoisotopic (exact) mass is 322 g/mol. The van der Waals surface area contributed by atoms with Crippen molar-refractivity contribution in [3.63, 3.8) is 0 Å². The number of nitrogens with zero attached hydrogens (tertiary/aromatic N) is 1. The lowest BCUT2D eigenvalue weighted by Gasteiger charge is -2.43. The number of amides is 1. The van der Waals surface area contributed by atoms with Gasteiger partial charge in [0.2, 0.25) is 0 Å². The molecule has 0 aromatic heterocycles. The average Bonchev–Trinajstić information content (AvgIpc) is 2.58. The number of fused-ring (bicyclic) bond motifs is 1. The van der Waals surface area contributed by atoms with E-state index < -0.39 is 17.7 Å². The van der Waals surface area contributed by atoms with Crippen LogP contribution < -0.4 is 10.1 Å². The fraction of sp³-hybridized carbons (Fsp3) is 0.263. The fourth-order valence-electron chi connectivity index (χ4n) is 2.92. The zero-order valence-corrected chi connectivity index (χ0v) is 13.5. The predicted molar refractivity (Wildman–Crippen MR) is 88.5 cm³/mol. The van der Waals surface area contributed by atoms with Crippen LogP contribution in [0.2, 0.25) is 0 Å². The quantitative estimate of drug-likeness (QED) is 0.890. The predicted octanol–water partition coefficient (Wildman–Crippen LogP) is 2.56. The highest BCUT2D eigenvalue weighted by atomic mass is 16.5. The summed E-state index contributed by atoms with van der Waals surface area (Å²) in [5, 5.41) is 22.7. The molecule has 1 heterocycles. The van der Waals surface area contributed by atoms with Gasteiger partial charge < -0.3 is 15.2 Å². The molecule has 5 heteroatoms. The standard InChI is InChI=1S/C19H18N2O3/c1-19(2)17(21-18(23)13-6-4-3-5-7-13)16(22)14-10-12(11-20)8-9-15(14)24-19/h3-10,16-17,22H,1-2H3,(H,21,23)/t16-,17+/m1/s1. The minimum atomic E-state index is -0.968. The van der Waals surface area contributed by atoms with Gasteiger partial charge in [-0.05, 0) is 44.2 Å². The molecule has 2 N–H and O–H groups in total. The Morgan fingerprint density at radius 2 is 1.96 bits per heavy atom. The molecule has 0 unspecified atom stereocenters. The number of carbonyl (C=O) groups excluding carboxylic acids is 1. The number of hydrogen-bond acceptors (Lipinski definition) is 4. The molecule has 1 aliphatic heterocycles. The molecule has 2 atom stereocenters. The Balaban J connectivity index is 1.92. The van der Waals surface area contributed by atoms with E-state index >= 15 is 0 Å². The highest BCUT2D eigenvalue weighted by Crippen LogP contribution is 2.40. The summed E-state index contributed by atoms with van der Waals surface area (Å²) in [6.07, 6.45) is -0.968. The van der Waals surface area contributed by atoms with E-state index in [0.29, 0.717) is 22.4 Å². The fourth-order valence-corrected chi connectivity index (χ4v) is 2.92. The zero-order chi connectivity index (χ0) is 17.3. The number of nitrogens with one attached hydrogen (secondary N) is 1. The summed E-state index contributed by atoms with van der Waals surface area (Å²) in [6.45, 7) is 3.63. The van der Waals surface area contributed by atoms with E-state index in [9.17, 15) is 9.90 Å². The molecule has 2 aromatic rings. The van der Waals surface area contributed by atoms with Crippen molar-refractivity contribution in [1.29, 1.82) is 5.26 Å². The number of ether oxygens (including phenoxy) is 1. The number of benzene rings is 2. The normalized spacial score (nSPS) is 21.1. The van der Waals surface area contributed by atoms with Crippen LogP contribution >= 0.6 is 0 Å². The van der Waals surface area contributed by atoms with Gasteiger partial charge in [0, 0.05) is 11.1 Å². The van der Waals surface area contributed by atoms with E-state index in [4.69, 9.17) is 10.00 Å². The third-order valence-electron chi connectivity index (χ3n) is 4.22. The Morgan fingerprint density at radius 3 is 2.62 bits per heavy atom. The molecule has 2 aromatic carbocycles. The molecule has 0 aliphatic carbocycles. The Bertz CT molecular complexity index is 809. The minimum Gasteiger partial charge on any atom is -0.485 e. The summed E-state index contributed by atoms with van der Waals surface area (Å²) < 4.78 is 5.95. The van der Waals surface area contributed by atoms with Crippen molar-refractivity contribution < 1.29 is 14.6 Å². The first-order chi connectivity index (χ1) is 11.4. The molecule has 1 aliphatic rings. The highest BCUT2D eigenvalue weighted by Gasteiger charge is 2.44. The second-order valence-electron chi connectivity index (χ2n) is 6.33.